The van der Waals surface area contributed by atoms with Crippen molar-refractivity contribution in [2.75, 3.05) is 18.1 Å². The Labute approximate surface area is 130 Å². The van der Waals surface area contributed by atoms with Crippen LogP contribution in [0.2, 0.25) is 0 Å². The van der Waals surface area contributed by atoms with E-state index >= 15 is 0 Å². The van der Waals surface area contributed by atoms with E-state index in [0.29, 0.717) is 6.04 Å². The molecule has 1 heterocycles. The van der Waals surface area contributed by atoms with E-state index in [1.807, 2.05) is 0 Å². The quantitative estimate of drug-likeness (QED) is 0.913. The van der Waals surface area contributed by atoms with Crippen molar-refractivity contribution in [1.82, 2.24) is 0 Å². The molecule has 0 bridgehead atoms. The van der Waals surface area contributed by atoms with Gasteiger partial charge in [-0.25, -0.2) is 0 Å². The van der Waals surface area contributed by atoms with Crippen LogP contribution in [0.15, 0.2) is 22.7 Å². The van der Waals surface area contributed by atoms with Crippen molar-refractivity contribution < 1.29 is 4.74 Å². The molecule has 1 aliphatic rings. The molecule has 0 amide bonds. The largest absolute Gasteiger partial charge is 0.375 e. The van der Waals surface area contributed by atoms with E-state index in [-0.39, 0.29) is 12.1 Å². The zero-order valence-electron chi connectivity index (χ0n) is 12.6. The molecular formula is C16H25BrN2O. The van der Waals surface area contributed by atoms with Crippen molar-refractivity contribution in [1.29, 1.82) is 0 Å². The number of ether oxygens (including phenoxy) is 1. The first kappa shape index (κ1) is 15.8. The average Bonchev–Trinajstić information content (AvgIpc) is 2.42. The lowest BCUT2D eigenvalue weighted by atomic mass is 10.0. The third kappa shape index (κ3) is 3.74. The number of anilines is 1. The Bertz CT molecular complexity index is 452. The van der Waals surface area contributed by atoms with Gasteiger partial charge in [-0.2, -0.15) is 0 Å². The van der Waals surface area contributed by atoms with Crippen LogP contribution in [0.4, 0.5) is 5.69 Å². The van der Waals surface area contributed by atoms with Gasteiger partial charge in [0.15, 0.2) is 0 Å². The number of benzene rings is 1. The standard InChI is InChI=1S/C16H25BrN2O/c1-4-14(18)7-13-5-6-16(15(17)8-13)19-9-12(3)20-10-11(19)2/h5-6,8,11-12,14H,4,7,9-10,18H2,1-3H3. The van der Waals surface area contributed by atoms with Gasteiger partial charge in [0.1, 0.15) is 0 Å². The van der Waals surface area contributed by atoms with Gasteiger partial charge in [-0.15, -0.1) is 0 Å². The highest BCUT2D eigenvalue weighted by Gasteiger charge is 2.25. The predicted octanol–water partition coefficient (Wildman–Crippen LogP) is 3.34. The van der Waals surface area contributed by atoms with Crippen molar-refractivity contribution >= 4 is 21.6 Å². The van der Waals surface area contributed by atoms with Crippen molar-refractivity contribution in [3.05, 3.63) is 28.2 Å². The van der Waals surface area contributed by atoms with Crippen LogP contribution < -0.4 is 10.6 Å². The molecule has 0 aliphatic carbocycles. The monoisotopic (exact) mass is 340 g/mol. The Morgan fingerprint density at radius 1 is 1.45 bits per heavy atom. The lowest BCUT2D eigenvalue weighted by molar-refractivity contribution is 0.0343. The van der Waals surface area contributed by atoms with E-state index in [2.05, 4.69) is 59.8 Å². The molecule has 112 valence electrons. The van der Waals surface area contributed by atoms with Crippen LogP contribution in [0.5, 0.6) is 0 Å². The zero-order valence-corrected chi connectivity index (χ0v) is 14.2. The summed E-state index contributed by atoms with van der Waals surface area (Å²) in [6.07, 6.45) is 2.23. The van der Waals surface area contributed by atoms with Gasteiger partial charge >= 0.3 is 0 Å². The lowest BCUT2D eigenvalue weighted by Crippen LogP contribution is -2.47. The smallest absolute Gasteiger partial charge is 0.0723 e. The fourth-order valence-electron chi connectivity index (χ4n) is 2.60. The Hall–Kier alpha value is -0.580. The molecule has 2 N–H and O–H groups in total. The molecule has 3 nitrogen and oxygen atoms in total. The Morgan fingerprint density at radius 2 is 2.20 bits per heavy atom. The second-order valence-corrected chi connectivity index (χ2v) is 6.66. The first-order valence-electron chi connectivity index (χ1n) is 7.43. The lowest BCUT2D eigenvalue weighted by Gasteiger charge is -2.39. The number of halogens is 1. The van der Waals surface area contributed by atoms with Crippen LogP contribution in [0.25, 0.3) is 0 Å². The van der Waals surface area contributed by atoms with Crippen molar-refractivity contribution in [3.63, 3.8) is 0 Å². The third-order valence-electron chi connectivity index (χ3n) is 3.95. The molecular weight excluding hydrogens is 316 g/mol. The molecule has 1 aromatic rings. The molecule has 2 rings (SSSR count). The van der Waals surface area contributed by atoms with E-state index in [9.17, 15) is 0 Å². The number of hydrogen-bond acceptors (Lipinski definition) is 3. The number of morpholine rings is 1. The first-order chi connectivity index (χ1) is 9.51. The van der Waals surface area contributed by atoms with Crippen LogP contribution in [0.3, 0.4) is 0 Å². The minimum absolute atomic E-state index is 0.245. The second kappa shape index (κ2) is 6.92. The van der Waals surface area contributed by atoms with E-state index < -0.39 is 0 Å². The zero-order chi connectivity index (χ0) is 14.7. The van der Waals surface area contributed by atoms with Crippen molar-refractivity contribution in [3.8, 4) is 0 Å². The SMILES string of the molecule is CCC(N)Cc1ccc(N2CC(C)OCC2C)c(Br)c1. The molecule has 4 heteroatoms. The number of nitrogens with zero attached hydrogens (tertiary/aromatic N) is 1. The number of hydrogen-bond donors (Lipinski definition) is 1. The summed E-state index contributed by atoms with van der Waals surface area (Å²) < 4.78 is 6.85. The van der Waals surface area contributed by atoms with Crippen LogP contribution in [0.1, 0.15) is 32.8 Å². The minimum atomic E-state index is 0.245. The predicted molar refractivity (Wildman–Crippen MR) is 88.3 cm³/mol. The van der Waals surface area contributed by atoms with Gasteiger partial charge in [0.05, 0.1) is 18.4 Å². The van der Waals surface area contributed by atoms with Crippen LogP contribution in [-0.4, -0.2) is 31.3 Å². The third-order valence-corrected chi connectivity index (χ3v) is 4.59. The topological polar surface area (TPSA) is 38.5 Å². The molecule has 3 unspecified atom stereocenters. The number of rotatable bonds is 4. The van der Waals surface area contributed by atoms with Crippen LogP contribution in [0, 0.1) is 0 Å². The summed E-state index contributed by atoms with van der Waals surface area (Å²) in [7, 11) is 0. The fourth-order valence-corrected chi connectivity index (χ4v) is 3.25. The summed E-state index contributed by atoms with van der Waals surface area (Å²) in [5.74, 6) is 0. The van der Waals surface area contributed by atoms with Gasteiger partial charge in [-0.1, -0.05) is 13.0 Å². The van der Waals surface area contributed by atoms with Gasteiger partial charge in [-0.05, 0) is 60.3 Å². The molecule has 3 atom stereocenters. The highest BCUT2D eigenvalue weighted by molar-refractivity contribution is 9.10. The van der Waals surface area contributed by atoms with E-state index in [1.165, 1.54) is 11.3 Å². The maximum absolute atomic E-state index is 6.03. The summed E-state index contributed by atoms with van der Waals surface area (Å²) in [5.41, 5.74) is 8.58. The molecule has 1 aliphatic heterocycles. The summed E-state index contributed by atoms with van der Waals surface area (Å²) in [6.45, 7) is 8.19. The normalized spacial score (nSPS) is 24.8. The van der Waals surface area contributed by atoms with Gasteiger partial charge < -0.3 is 15.4 Å². The maximum atomic E-state index is 6.03. The minimum Gasteiger partial charge on any atom is -0.375 e. The van der Waals surface area contributed by atoms with Crippen LogP contribution in [-0.2, 0) is 11.2 Å². The molecule has 0 radical (unpaired) electrons. The van der Waals surface area contributed by atoms with Gasteiger partial charge in [-0.3, -0.25) is 0 Å². The highest BCUT2D eigenvalue weighted by atomic mass is 79.9. The number of nitrogens with two attached hydrogens (primary N) is 1. The van der Waals surface area contributed by atoms with Gasteiger partial charge in [0.25, 0.3) is 0 Å². The molecule has 0 spiro atoms. The van der Waals surface area contributed by atoms with E-state index in [1.54, 1.807) is 0 Å². The van der Waals surface area contributed by atoms with E-state index in [4.69, 9.17) is 10.5 Å². The van der Waals surface area contributed by atoms with Crippen molar-refractivity contribution in [2.24, 2.45) is 5.73 Å². The molecule has 1 saturated heterocycles. The Morgan fingerprint density at radius 3 is 2.85 bits per heavy atom. The summed E-state index contributed by atoms with van der Waals surface area (Å²) in [6, 6.07) is 7.26. The summed E-state index contributed by atoms with van der Waals surface area (Å²) in [5, 5.41) is 0. The van der Waals surface area contributed by atoms with Crippen molar-refractivity contribution in [2.45, 2.75) is 51.8 Å². The molecule has 20 heavy (non-hydrogen) atoms. The Kier molecular flexibility index (Phi) is 5.47. The fraction of sp³-hybridized carbons (Fsp3) is 0.625. The highest BCUT2D eigenvalue weighted by Crippen LogP contribution is 2.31. The summed E-state index contributed by atoms with van der Waals surface area (Å²) in [4.78, 5) is 2.42. The maximum Gasteiger partial charge on any atom is 0.0723 e. The summed E-state index contributed by atoms with van der Waals surface area (Å²) >= 11 is 3.72. The first-order valence-corrected chi connectivity index (χ1v) is 8.22. The second-order valence-electron chi connectivity index (χ2n) is 5.80. The van der Waals surface area contributed by atoms with Gasteiger partial charge in [0.2, 0.25) is 0 Å². The van der Waals surface area contributed by atoms with Gasteiger partial charge in [0, 0.05) is 23.1 Å². The molecule has 1 fully saturated rings. The molecule has 0 aromatic heterocycles. The molecule has 0 saturated carbocycles. The molecule has 1 aromatic carbocycles. The Balaban J connectivity index is 2.16. The van der Waals surface area contributed by atoms with Crippen LogP contribution >= 0.6 is 15.9 Å². The average molecular weight is 341 g/mol. The van der Waals surface area contributed by atoms with E-state index in [0.717, 1.165) is 30.5 Å².